The van der Waals surface area contributed by atoms with Crippen LogP contribution in [0.15, 0.2) is 88.5 Å². The molecule has 5 rings (SSSR count). The molecule has 1 aliphatic heterocycles. The molecule has 6 atom stereocenters. The van der Waals surface area contributed by atoms with Gasteiger partial charge in [0.15, 0.2) is 21.3 Å². The van der Waals surface area contributed by atoms with Gasteiger partial charge in [0.05, 0.1) is 16.1 Å². The summed E-state index contributed by atoms with van der Waals surface area (Å²) >= 11 is 0. The van der Waals surface area contributed by atoms with E-state index < -0.39 is 33.5 Å². The van der Waals surface area contributed by atoms with Gasteiger partial charge in [0.2, 0.25) is 0 Å². The van der Waals surface area contributed by atoms with E-state index in [1.165, 1.54) is 0 Å². The third-order valence-electron chi connectivity index (χ3n) is 7.38. The van der Waals surface area contributed by atoms with Crippen molar-refractivity contribution < 1.29 is 26.9 Å². The molecule has 1 saturated heterocycles. The van der Waals surface area contributed by atoms with Crippen molar-refractivity contribution in [3.05, 3.63) is 89.9 Å². The van der Waals surface area contributed by atoms with Gasteiger partial charge in [0, 0.05) is 24.0 Å². The molecule has 2 bridgehead atoms. The first-order chi connectivity index (χ1) is 17.7. The van der Waals surface area contributed by atoms with Crippen LogP contribution in [0.1, 0.15) is 24.0 Å². The largest absolute Gasteiger partial charge is 0.481 e. The Kier molecular flexibility index (Phi) is 7.09. The van der Waals surface area contributed by atoms with Crippen LogP contribution in [0, 0.1) is 25.7 Å². The zero-order valence-corrected chi connectivity index (χ0v) is 22.6. The predicted octanol–water partition coefficient (Wildman–Crippen LogP) is 5.02. The molecule has 1 heterocycles. The second-order valence-electron chi connectivity index (χ2n) is 9.74. The fraction of sp³-hybridized carbons (Fsp3) is 0.345. The topological polar surface area (TPSA) is 78.9 Å². The molecular weight excluding hydrogens is 508 g/mol. The van der Waals surface area contributed by atoms with Crippen LogP contribution in [0.3, 0.4) is 0 Å². The van der Waals surface area contributed by atoms with Gasteiger partial charge in [-0.25, -0.2) is 4.79 Å². The summed E-state index contributed by atoms with van der Waals surface area (Å²) in [6.07, 6.45) is 5.75. The first kappa shape index (κ1) is 25.8. The lowest BCUT2D eigenvalue weighted by Crippen LogP contribution is -2.38. The van der Waals surface area contributed by atoms with Crippen molar-refractivity contribution in [2.24, 2.45) is 11.8 Å². The Morgan fingerprint density at radius 2 is 1.81 bits per heavy atom. The average Bonchev–Trinajstić information content (AvgIpc) is 3.48. The minimum Gasteiger partial charge on any atom is -0.481 e. The zero-order valence-electron chi connectivity index (χ0n) is 21.0. The van der Waals surface area contributed by atoms with Crippen LogP contribution in [-0.4, -0.2) is 38.5 Å². The molecule has 6 unspecified atom stereocenters. The highest BCUT2D eigenvalue weighted by molar-refractivity contribution is 8.00. The standard InChI is InChI=1S/C29H31O6S2/c1-5-10-21(6-2)36(22-11-8-7-9-12-22)23-13-18(3)27(19(4)14-23)33-17-26(30)34-28-20-15-24-25(16-20)37(31,32)35-29(24)28/h5-14,20,24-25,28-29H,1-2,15-17H2,3-4H3/q+1/b21-10+. The molecule has 3 fully saturated rings. The summed E-state index contributed by atoms with van der Waals surface area (Å²) in [6, 6.07) is 14.4. The molecule has 0 amide bonds. The number of esters is 1. The molecule has 2 saturated carbocycles. The first-order valence-corrected chi connectivity index (χ1v) is 15.0. The molecule has 8 heteroatoms. The first-order valence-electron chi connectivity index (χ1n) is 12.3. The molecule has 2 aromatic carbocycles. The SMILES string of the molecule is C=C/C=C(\C=C)[S+](c1ccccc1)c1cc(C)c(OCC(=O)OC2C3CC4C2OS(=O)(=O)C4C3)c(C)c1. The highest BCUT2D eigenvalue weighted by atomic mass is 32.2. The Labute approximate surface area is 221 Å². The van der Waals surface area contributed by atoms with E-state index >= 15 is 0 Å². The van der Waals surface area contributed by atoms with E-state index in [1.54, 1.807) is 6.08 Å². The van der Waals surface area contributed by atoms with E-state index in [4.69, 9.17) is 13.7 Å². The Balaban J connectivity index is 1.31. The highest BCUT2D eigenvalue weighted by Crippen LogP contribution is 2.55. The molecule has 0 radical (unpaired) electrons. The maximum Gasteiger partial charge on any atom is 0.344 e. The molecular formula is C29H31O6S2+. The van der Waals surface area contributed by atoms with Gasteiger partial charge in [-0.15, -0.1) is 0 Å². The number of fused-ring (bicyclic) bond motifs is 1. The number of rotatable bonds is 9. The van der Waals surface area contributed by atoms with Crippen LogP contribution in [-0.2, 0) is 34.7 Å². The number of hydrogen-bond acceptors (Lipinski definition) is 6. The van der Waals surface area contributed by atoms with E-state index in [0.717, 1.165) is 32.2 Å². The fourth-order valence-electron chi connectivity index (χ4n) is 5.92. The summed E-state index contributed by atoms with van der Waals surface area (Å²) in [5.74, 6) is 0.0805. The number of carbonyl (C=O) groups is 1. The maximum atomic E-state index is 12.7. The maximum absolute atomic E-state index is 12.7. The van der Waals surface area contributed by atoms with Gasteiger partial charge in [0.25, 0.3) is 10.1 Å². The number of benzene rings is 2. The molecule has 6 nitrogen and oxygen atoms in total. The minimum absolute atomic E-state index is 0.0302. The van der Waals surface area contributed by atoms with E-state index in [0.29, 0.717) is 12.2 Å². The number of hydrogen-bond donors (Lipinski definition) is 0. The normalized spacial score (nSPS) is 28.1. The van der Waals surface area contributed by atoms with Crippen molar-refractivity contribution in [2.45, 2.75) is 53.9 Å². The van der Waals surface area contributed by atoms with Crippen LogP contribution in [0.4, 0.5) is 0 Å². The lowest BCUT2D eigenvalue weighted by molar-refractivity contribution is -0.158. The smallest absolute Gasteiger partial charge is 0.344 e. The fourth-order valence-corrected chi connectivity index (χ4v) is 10.0. The molecule has 3 aliphatic rings. The third-order valence-corrected chi connectivity index (χ3v) is 11.4. The monoisotopic (exact) mass is 539 g/mol. The summed E-state index contributed by atoms with van der Waals surface area (Å²) in [5.41, 5.74) is 1.82. The Bertz CT molecular complexity index is 1340. The summed E-state index contributed by atoms with van der Waals surface area (Å²) in [7, 11) is -3.93. The second kappa shape index (κ2) is 10.2. The Morgan fingerprint density at radius 3 is 2.46 bits per heavy atom. The predicted molar refractivity (Wildman–Crippen MR) is 144 cm³/mol. The van der Waals surface area contributed by atoms with Gasteiger partial charge in [-0.3, -0.25) is 4.18 Å². The van der Waals surface area contributed by atoms with Crippen molar-refractivity contribution in [3.8, 4) is 5.75 Å². The van der Waals surface area contributed by atoms with Crippen molar-refractivity contribution in [3.63, 3.8) is 0 Å². The molecule has 0 aromatic heterocycles. The summed E-state index contributed by atoms with van der Waals surface area (Å²) in [6.45, 7) is 11.5. The van der Waals surface area contributed by atoms with Crippen molar-refractivity contribution in [1.82, 2.24) is 0 Å². The third kappa shape index (κ3) is 4.78. The molecule has 0 N–H and O–H groups in total. The van der Waals surface area contributed by atoms with Gasteiger partial charge >= 0.3 is 5.97 Å². The van der Waals surface area contributed by atoms with Gasteiger partial charge in [0.1, 0.15) is 18.0 Å². The highest BCUT2D eigenvalue weighted by Gasteiger charge is 2.65. The van der Waals surface area contributed by atoms with Crippen LogP contribution in [0.2, 0.25) is 0 Å². The lowest BCUT2D eigenvalue weighted by Gasteiger charge is -2.25. The summed E-state index contributed by atoms with van der Waals surface area (Å²) < 4.78 is 41.2. The van der Waals surface area contributed by atoms with Crippen LogP contribution >= 0.6 is 0 Å². The molecule has 194 valence electrons. The van der Waals surface area contributed by atoms with Crippen LogP contribution in [0.5, 0.6) is 5.75 Å². The van der Waals surface area contributed by atoms with E-state index in [9.17, 15) is 13.2 Å². The second-order valence-corrected chi connectivity index (χ2v) is 13.6. The number of allylic oxidation sites excluding steroid dienone is 3. The van der Waals surface area contributed by atoms with Crippen molar-refractivity contribution in [2.75, 3.05) is 6.61 Å². The molecule has 37 heavy (non-hydrogen) atoms. The molecule has 2 aliphatic carbocycles. The van der Waals surface area contributed by atoms with E-state index in [2.05, 4.69) is 37.4 Å². The number of carbonyl (C=O) groups excluding carboxylic acids is 1. The van der Waals surface area contributed by atoms with Crippen LogP contribution in [0.25, 0.3) is 0 Å². The molecule has 2 aromatic rings. The van der Waals surface area contributed by atoms with Crippen molar-refractivity contribution in [1.29, 1.82) is 0 Å². The minimum atomic E-state index is -3.55. The molecule has 0 spiro atoms. The average molecular weight is 540 g/mol. The van der Waals surface area contributed by atoms with Gasteiger partial charge in [-0.1, -0.05) is 37.4 Å². The summed E-state index contributed by atoms with van der Waals surface area (Å²) in [4.78, 5) is 16.0. The van der Waals surface area contributed by atoms with Crippen LogP contribution < -0.4 is 4.74 Å². The van der Waals surface area contributed by atoms with Gasteiger partial charge in [-0.05, 0) is 62.1 Å². The quantitative estimate of drug-likeness (QED) is 0.193. The van der Waals surface area contributed by atoms with E-state index in [-0.39, 0.29) is 29.3 Å². The van der Waals surface area contributed by atoms with Gasteiger partial charge in [-0.2, -0.15) is 8.42 Å². The number of ether oxygens (including phenoxy) is 2. The Hall–Kier alpha value is -2.81. The van der Waals surface area contributed by atoms with E-state index in [1.807, 2.05) is 44.2 Å². The lowest BCUT2D eigenvalue weighted by atomic mass is 9.94. The summed E-state index contributed by atoms with van der Waals surface area (Å²) in [5, 5.41) is -0.444. The zero-order chi connectivity index (χ0) is 26.3. The number of aryl methyl sites for hydroxylation is 2. The van der Waals surface area contributed by atoms with Crippen molar-refractivity contribution >= 4 is 27.0 Å². The van der Waals surface area contributed by atoms with Gasteiger partial charge < -0.3 is 9.47 Å². The Morgan fingerprint density at radius 1 is 1.11 bits per heavy atom.